The van der Waals surface area contributed by atoms with Crippen LogP contribution in [0.1, 0.15) is 25.7 Å². The van der Waals surface area contributed by atoms with Gasteiger partial charge in [-0.2, -0.15) is 0 Å². The lowest BCUT2D eigenvalue weighted by molar-refractivity contribution is -0.0852. The molecule has 0 unspecified atom stereocenters. The van der Waals surface area contributed by atoms with Crippen molar-refractivity contribution in [1.82, 2.24) is 4.90 Å². The topological polar surface area (TPSA) is 21.7 Å². The van der Waals surface area contributed by atoms with Gasteiger partial charge < -0.3 is 9.47 Å². The Morgan fingerprint density at radius 3 is 2.94 bits per heavy atom. The molecule has 0 N–H and O–H groups in total. The van der Waals surface area contributed by atoms with Crippen LogP contribution in [0.25, 0.3) is 0 Å². The summed E-state index contributed by atoms with van der Waals surface area (Å²) in [5, 5.41) is 0. The molecule has 3 nitrogen and oxygen atoms in total. The molecular formula is C15H25NO2. The van der Waals surface area contributed by atoms with Gasteiger partial charge >= 0.3 is 0 Å². The molecular weight excluding hydrogens is 226 g/mol. The molecule has 0 radical (unpaired) electrons. The van der Waals surface area contributed by atoms with E-state index in [1.807, 2.05) is 6.08 Å². The van der Waals surface area contributed by atoms with E-state index in [4.69, 9.17) is 9.47 Å². The van der Waals surface area contributed by atoms with Gasteiger partial charge in [-0.1, -0.05) is 6.08 Å². The van der Waals surface area contributed by atoms with Crippen LogP contribution in [0.2, 0.25) is 0 Å². The highest BCUT2D eigenvalue weighted by Gasteiger charge is 2.43. The van der Waals surface area contributed by atoms with Gasteiger partial charge in [0.1, 0.15) is 0 Å². The third-order valence-corrected chi connectivity index (χ3v) is 4.59. The van der Waals surface area contributed by atoms with E-state index >= 15 is 0 Å². The van der Waals surface area contributed by atoms with Crippen molar-refractivity contribution in [3.63, 3.8) is 0 Å². The molecule has 2 saturated carbocycles. The third-order valence-electron chi connectivity index (χ3n) is 4.59. The van der Waals surface area contributed by atoms with Crippen molar-refractivity contribution < 1.29 is 9.47 Å². The van der Waals surface area contributed by atoms with Crippen LogP contribution >= 0.6 is 0 Å². The summed E-state index contributed by atoms with van der Waals surface area (Å²) in [6, 6.07) is 0.664. The number of ether oxygens (including phenoxy) is 2. The maximum atomic E-state index is 6.03. The van der Waals surface area contributed by atoms with Crippen molar-refractivity contribution in [1.29, 1.82) is 0 Å². The third kappa shape index (κ3) is 2.79. The van der Waals surface area contributed by atoms with Crippen molar-refractivity contribution in [3.8, 4) is 0 Å². The molecule has 18 heavy (non-hydrogen) atoms. The van der Waals surface area contributed by atoms with E-state index in [-0.39, 0.29) is 0 Å². The summed E-state index contributed by atoms with van der Waals surface area (Å²) in [6.45, 7) is 8.55. The van der Waals surface area contributed by atoms with E-state index in [9.17, 15) is 0 Å². The van der Waals surface area contributed by atoms with Crippen LogP contribution in [-0.4, -0.2) is 50.0 Å². The number of morpholine rings is 1. The summed E-state index contributed by atoms with van der Waals surface area (Å²) in [7, 11) is 0. The van der Waals surface area contributed by atoms with Gasteiger partial charge in [0.05, 0.1) is 25.9 Å². The fraction of sp³-hybridized carbons (Fsp3) is 0.867. The first kappa shape index (κ1) is 12.6. The molecule has 3 aliphatic rings. The Balaban J connectivity index is 1.53. The average molecular weight is 251 g/mol. The monoisotopic (exact) mass is 251 g/mol. The fourth-order valence-electron chi connectivity index (χ4n) is 3.48. The largest absolute Gasteiger partial charge is 0.377 e. The minimum atomic E-state index is 0.419. The number of hydrogen-bond donors (Lipinski definition) is 0. The van der Waals surface area contributed by atoms with Gasteiger partial charge in [-0.15, -0.1) is 6.58 Å². The van der Waals surface area contributed by atoms with Crippen molar-refractivity contribution in [2.75, 3.05) is 32.9 Å². The molecule has 3 rings (SSSR count). The number of rotatable bonds is 6. The lowest BCUT2D eigenvalue weighted by atomic mass is 10.0. The van der Waals surface area contributed by atoms with E-state index in [0.29, 0.717) is 24.7 Å². The molecule has 3 heteroatoms. The van der Waals surface area contributed by atoms with Crippen LogP contribution in [0.5, 0.6) is 0 Å². The lowest BCUT2D eigenvalue weighted by Gasteiger charge is -2.39. The minimum Gasteiger partial charge on any atom is -0.377 e. The summed E-state index contributed by atoms with van der Waals surface area (Å²) in [5.74, 6) is 1.58. The first-order chi connectivity index (χ1) is 8.88. The van der Waals surface area contributed by atoms with E-state index in [0.717, 1.165) is 25.7 Å². The van der Waals surface area contributed by atoms with Crippen LogP contribution < -0.4 is 0 Å². The molecule has 1 saturated heterocycles. The van der Waals surface area contributed by atoms with Crippen molar-refractivity contribution >= 4 is 0 Å². The molecule has 0 aromatic heterocycles. The molecule has 1 aliphatic heterocycles. The Hall–Kier alpha value is -0.380. The Labute approximate surface area is 110 Å². The van der Waals surface area contributed by atoms with Gasteiger partial charge in [0.25, 0.3) is 0 Å². The van der Waals surface area contributed by atoms with Crippen LogP contribution in [0.15, 0.2) is 12.7 Å². The maximum absolute atomic E-state index is 6.03. The van der Waals surface area contributed by atoms with Crippen molar-refractivity contribution in [2.24, 2.45) is 11.8 Å². The minimum absolute atomic E-state index is 0.419. The predicted molar refractivity (Wildman–Crippen MR) is 71.6 cm³/mol. The van der Waals surface area contributed by atoms with Gasteiger partial charge in [-0.05, 0) is 31.6 Å². The molecule has 0 aromatic rings. The molecule has 0 amide bonds. The number of fused-ring (bicyclic) bond motifs is 1. The van der Waals surface area contributed by atoms with Crippen molar-refractivity contribution in [2.45, 2.75) is 37.8 Å². The van der Waals surface area contributed by atoms with Gasteiger partial charge in [0.15, 0.2) is 0 Å². The lowest BCUT2D eigenvalue weighted by Crippen LogP contribution is -2.51. The zero-order valence-corrected chi connectivity index (χ0v) is 11.2. The summed E-state index contributed by atoms with van der Waals surface area (Å²) >= 11 is 0. The van der Waals surface area contributed by atoms with Gasteiger partial charge in [-0.3, -0.25) is 4.90 Å². The highest BCUT2D eigenvalue weighted by atomic mass is 16.5. The SMILES string of the molecule is C=CCOC[C@@H]1CC[C@H]2[C@H]1OCCN2CC1CC1. The summed E-state index contributed by atoms with van der Waals surface area (Å²) in [6.07, 6.45) is 7.68. The summed E-state index contributed by atoms with van der Waals surface area (Å²) in [4.78, 5) is 2.69. The zero-order valence-electron chi connectivity index (χ0n) is 11.2. The Morgan fingerprint density at radius 1 is 1.28 bits per heavy atom. The predicted octanol–water partition coefficient (Wildman–Crippen LogP) is 2.08. The van der Waals surface area contributed by atoms with Gasteiger partial charge in [0, 0.05) is 25.0 Å². The molecule has 0 aromatic carbocycles. The van der Waals surface area contributed by atoms with Crippen LogP contribution in [-0.2, 0) is 9.47 Å². The highest BCUT2D eigenvalue weighted by Crippen LogP contribution is 2.38. The fourth-order valence-corrected chi connectivity index (χ4v) is 3.48. The Morgan fingerprint density at radius 2 is 2.17 bits per heavy atom. The molecule has 3 atom stereocenters. The Kier molecular flexibility index (Phi) is 4.02. The second-order valence-corrected chi connectivity index (χ2v) is 6.00. The second kappa shape index (κ2) is 5.72. The highest BCUT2D eigenvalue weighted by molar-refractivity contribution is 4.96. The standard InChI is InChI=1S/C15H25NO2/c1-2-8-17-11-13-5-6-14-15(13)18-9-7-16(14)10-12-3-4-12/h2,12-15H,1,3-11H2/t13-,14-,15-/m0/s1. The molecule has 0 bridgehead atoms. The van der Waals surface area contributed by atoms with Gasteiger partial charge in [0.2, 0.25) is 0 Å². The van der Waals surface area contributed by atoms with Crippen LogP contribution in [0.3, 0.4) is 0 Å². The normalized spacial score (nSPS) is 36.6. The number of nitrogens with zero attached hydrogens (tertiary/aromatic N) is 1. The van der Waals surface area contributed by atoms with Gasteiger partial charge in [-0.25, -0.2) is 0 Å². The molecule has 3 fully saturated rings. The molecule has 2 aliphatic carbocycles. The maximum Gasteiger partial charge on any atom is 0.0780 e. The zero-order chi connectivity index (χ0) is 12.4. The summed E-state index contributed by atoms with van der Waals surface area (Å²) in [5.41, 5.74) is 0. The van der Waals surface area contributed by atoms with E-state index < -0.39 is 0 Å². The molecule has 0 spiro atoms. The summed E-state index contributed by atoms with van der Waals surface area (Å²) < 4.78 is 11.7. The number of hydrogen-bond acceptors (Lipinski definition) is 3. The smallest absolute Gasteiger partial charge is 0.0780 e. The first-order valence-electron chi connectivity index (χ1n) is 7.43. The molecule has 102 valence electrons. The Bertz CT molecular complexity index is 290. The second-order valence-electron chi connectivity index (χ2n) is 6.00. The van der Waals surface area contributed by atoms with E-state index in [1.165, 1.54) is 32.2 Å². The quantitative estimate of drug-likeness (QED) is 0.533. The van der Waals surface area contributed by atoms with Crippen LogP contribution in [0, 0.1) is 11.8 Å². The average Bonchev–Trinajstić information content (AvgIpc) is 3.10. The van der Waals surface area contributed by atoms with Crippen molar-refractivity contribution in [3.05, 3.63) is 12.7 Å². The molecule has 1 heterocycles. The van der Waals surface area contributed by atoms with E-state index in [1.54, 1.807) is 0 Å². The van der Waals surface area contributed by atoms with E-state index in [2.05, 4.69) is 11.5 Å². The first-order valence-corrected chi connectivity index (χ1v) is 7.43. The van der Waals surface area contributed by atoms with Crippen LogP contribution in [0.4, 0.5) is 0 Å².